The monoisotopic (exact) mass is 381 g/mol. The van der Waals surface area contributed by atoms with E-state index in [1.165, 1.54) is 0 Å². The molecule has 0 saturated heterocycles. The minimum Gasteiger partial charge on any atom is -0.459 e. The molecule has 0 aliphatic carbocycles. The number of carbonyl (C=O) groups excluding carboxylic acids is 1. The SMILES string of the molecule is CC(C)OC(=O)/C(C#N)=C/c1ccc(OC(F)(F)C(F)C(F)(F)F)cc1. The highest BCUT2D eigenvalue weighted by Crippen LogP contribution is 2.36. The standard InChI is InChI=1S/C16H13F6NO3/c1-9(2)25-13(24)11(8-23)7-10-3-5-12(6-4-10)26-16(21,22)14(17)15(18,19)20/h3-7,9,14H,1-2H3/b11-7+. The highest BCUT2D eigenvalue weighted by Gasteiger charge is 2.59. The number of nitrogens with zero attached hydrogens (tertiary/aromatic N) is 1. The van der Waals surface area contributed by atoms with E-state index in [0.29, 0.717) is 0 Å². The van der Waals surface area contributed by atoms with Gasteiger partial charge in [-0.05, 0) is 37.6 Å². The number of esters is 1. The molecule has 0 spiro atoms. The van der Waals surface area contributed by atoms with Gasteiger partial charge in [0.2, 0.25) is 0 Å². The summed E-state index contributed by atoms with van der Waals surface area (Å²) in [5.74, 6) is -1.64. The van der Waals surface area contributed by atoms with Crippen LogP contribution in [0, 0.1) is 11.3 Å². The summed E-state index contributed by atoms with van der Waals surface area (Å²) < 4.78 is 83.8. The lowest BCUT2D eigenvalue weighted by Gasteiger charge is -2.23. The Hall–Kier alpha value is -2.70. The summed E-state index contributed by atoms with van der Waals surface area (Å²) in [7, 11) is 0. The molecule has 0 aliphatic heterocycles. The molecule has 0 aliphatic rings. The predicted octanol–water partition coefficient (Wildman–Crippen LogP) is 4.42. The van der Waals surface area contributed by atoms with E-state index in [1.54, 1.807) is 19.9 Å². The summed E-state index contributed by atoms with van der Waals surface area (Å²) in [6, 6.07) is 5.46. The maximum absolute atomic E-state index is 13.2. The van der Waals surface area contributed by atoms with E-state index in [4.69, 9.17) is 10.00 Å². The first-order chi connectivity index (χ1) is 11.9. The number of ether oxygens (including phenoxy) is 2. The third-order valence-corrected chi connectivity index (χ3v) is 2.71. The topological polar surface area (TPSA) is 59.3 Å². The van der Waals surface area contributed by atoms with Gasteiger partial charge < -0.3 is 9.47 Å². The van der Waals surface area contributed by atoms with Crippen molar-refractivity contribution in [3.05, 3.63) is 35.4 Å². The second kappa shape index (κ2) is 8.12. The fourth-order valence-electron chi connectivity index (χ4n) is 1.61. The van der Waals surface area contributed by atoms with Gasteiger partial charge in [0.25, 0.3) is 6.17 Å². The van der Waals surface area contributed by atoms with Gasteiger partial charge in [-0.25, -0.2) is 9.18 Å². The van der Waals surface area contributed by atoms with Crippen LogP contribution in [0.4, 0.5) is 26.3 Å². The van der Waals surface area contributed by atoms with Gasteiger partial charge in [0.1, 0.15) is 17.4 Å². The van der Waals surface area contributed by atoms with Crippen molar-refractivity contribution in [1.82, 2.24) is 0 Å². The predicted molar refractivity (Wildman–Crippen MR) is 77.8 cm³/mol. The molecule has 26 heavy (non-hydrogen) atoms. The molecule has 0 heterocycles. The lowest BCUT2D eigenvalue weighted by Crippen LogP contribution is -2.45. The van der Waals surface area contributed by atoms with Crippen molar-refractivity contribution in [2.24, 2.45) is 0 Å². The lowest BCUT2D eigenvalue weighted by atomic mass is 10.1. The van der Waals surface area contributed by atoms with Crippen LogP contribution in [-0.2, 0) is 9.53 Å². The van der Waals surface area contributed by atoms with Crippen LogP contribution < -0.4 is 4.74 Å². The molecule has 142 valence electrons. The zero-order valence-electron chi connectivity index (χ0n) is 13.5. The molecule has 0 fully saturated rings. The molecular formula is C16H13F6NO3. The average molecular weight is 381 g/mol. The summed E-state index contributed by atoms with van der Waals surface area (Å²) in [4.78, 5) is 11.6. The van der Waals surface area contributed by atoms with Crippen LogP contribution in [0.25, 0.3) is 6.08 Å². The Bertz CT molecular complexity index is 704. The third-order valence-electron chi connectivity index (χ3n) is 2.71. The molecule has 0 aromatic heterocycles. The van der Waals surface area contributed by atoms with Gasteiger partial charge >= 0.3 is 18.3 Å². The van der Waals surface area contributed by atoms with Gasteiger partial charge in [-0.2, -0.15) is 27.2 Å². The number of alkyl halides is 6. The Morgan fingerprint density at radius 3 is 2.12 bits per heavy atom. The molecule has 1 atom stereocenters. The van der Waals surface area contributed by atoms with Gasteiger partial charge in [-0.3, -0.25) is 0 Å². The molecule has 0 saturated carbocycles. The van der Waals surface area contributed by atoms with Crippen molar-refractivity contribution in [2.45, 2.75) is 38.4 Å². The quantitative estimate of drug-likeness (QED) is 0.317. The van der Waals surface area contributed by atoms with Gasteiger partial charge in [0.15, 0.2) is 0 Å². The van der Waals surface area contributed by atoms with E-state index in [0.717, 1.165) is 30.3 Å². The minimum atomic E-state index is -5.79. The van der Waals surface area contributed by atoms with Crippen LogP contribution >= 0.6 is 0 Å². The average Bonchev–Trinajstić information content (AvgIpc) is 2.51. The number of hydrogen-bond acceptors (Lipinski definition) is 4. The van der Waals surface area contributed by atoms with Gasteiger partial charge in [0, 0.05) is 0 Å². The van der Waals surface area contributed by atoms with E-state index in [9.17, 15) is 31.1 Å². The summed E-state index contributed by atoms with van der Waals surface area (Å²) in [5, 5.41) is 8.92. The molecule has 1 aromatic rings. The van der Waals surface area contributed by atoms with Crippen LogP contribution in [0.5, 0.6) is 5.75 Å². The summed E-state index contributed by atoms with van der Waals surface area (Å²) in [5.41, 5.74) is -0.191. The highest BCUT2D eigenvalue weighted by atomic mass is 19.4. The number of benzene rings is 1. The van der Waals surface area contributed by atoms with Crippen LogP contribution in [0.2, 0.25) is 0 Å². The minimum absolute atomic E-state index is 0.186. The third kappa shape index (κ3) is 5.98. The Kier molecular flexibility index (Phi) is 6.66. The van der Waals surface area contributed by atoms with Crippen molar-refractivity contribution in [1.29, 1.82) is 5.26 Å². The molecule has 0 radical (unpaired) electrons. The second-order valence-electron chi connectivity index (χ2n) is 5.26. The summed E-state index contributed by atoms with van der Waals surface area (Å²) in [6.07, 6.45) is -14.8. The zero-order valence-corrected chi connectivity index (χ0v) is 13.5. The fourth-order valence-corrected chi connectivity index (χ4v) is 1.61. The molecule has 4 nitrogen and oxygen atoms in total. The van der Waals surface area contributed by atoms with Gasteiger partial charge in [0.05, 0.1) is 6.10 Å². The first kappa shape index (κ1) is 21.3. The maximum atomic E-state index is 13.2. The Labute approximate surface area is 144 Å². The molecule has 0 amide bonds. The van der Waals surface area contributed by atoms with E-state index >= 15 is 0 Å². The molecular weight excluding hydrogens is 368 g/mol. The Morgan fingerprint density at radius 1 is 1.15 bits per heavy atom. The van der Waals surface area contributed by atoms with Gasteiger partial charge in [-0.1, -0.05) is 12.1 Å². The van der Waals surface area contributed by atoms with Crippen LogP contribution in [0.3, 0.4) is 0 Å². The first-order valence-corrected chi connectivity index (χ1v) is 7.07. The first-order valence-electron chi connectivity index (χ1n) is 7.07. The molecule has 1 aromatic carbocycles. The van der Waals surface area contributed by atoms with E-state index < -0.39 is 36.3 Å². The molecule has 0 bridgehead atoms. The normalized spacial score (nSPS) is 13.9. The van der Waals surface area contributed by atoms with Crippen molar-refractivity contribution in [3.63, 3.8) is 0 Å². The zero-order chi connectivity index (χ0) is 20.1. The number of carbonyl (C=O) groups is 1. The van der Waals surface area contributed by atoms with E-state index in [-0.39, 0.29) is 11.1 Å². The number of halogens is 6. The largest absolute Gasteiger partial charge is 0.459 e. The van der Waals surface area contributed by atoms with Crippen molar-refractivity contribution in [3.8, 4) is 11.8 Å². The molecule has 1 unspecified atom stereocenters. The lowest BCUT2D eigenvalue weighted by molar-refractivity contribution is -0.304. The number of rotatable bonds is 6. The molecule has 10 heteroatoms. The Balaban J connectivity index is 2.94. The number of nitriles is 1. The molecule has 1 rings (SSSR count). The van der Waals surface area contributed by atoms with Crippen molar-refractivity contribution in [2.75, 3.05) is 0 Å². The van der Waals surface area contributed by atoms with Gasteiger partial charge in [-0.15, -0.1) is 0 Å². The number of hydrogen-bond donors (Lipinski definition) is 0. The molecule has 0 N–H and O–H groups in total. The second-order valence-corrected chi connectivity index (χ2v) is 5.26. The van der Waals surface area contributed by atoms with E-state index in [2.05, 4.69) is 4.74 Å². The smallest absolute Gasteiger partial charge is 0.439 e. The van der Waals surface area contributed by atoms with Crippen molar-refractivity contribution < 1.29 is 40.6 Å². The van der Waals surface area contributed by atoms with E-state index in [1.807, 2.05) is 0 Å². The summed E-state index contributed by atoms with van der Waals surface area (Å²) in [6.45, 7) is 3.14. The highest BCUT2D eigenvalue weighted by molar-refractivity contribution is 5.97. The maximum Gasteiger partial charge on any atom is 0.439 e. The van der Waals surface area contributed by atoms with Crippen LogP contribution in [0.15, 0.2) is 29.8 Å². The fraction of sp³-hybridized carbons (Fsp3) is 0.375. The van der Waals surface area contributed by atoms with Crippen LogP contribution in [0.1, 0.15) is 19.4 Å². The Morgan fingerprint density at radius 2 is 1.69 bits per heavy atom. The van der Waals surface area contributed by atoms with Crippen LogP contribution in [-0.4, -0.2) is 30.5 Å². The van der Waals surface area contributed by atoms with Crippen molar-refractivity contribution >= 4 is 12.0 Å². The summed E-state index contributed by atoms with van der Waals surface area (Å²) >= 11 is 0.